The third-order valence-electron chi connectivity index (χ3n) is 4.34. The number of anilines is 1. The first-order valence-corrected chi connectivity index (χ1v) is 8.27. The van der Waals surface area contributed by atoms with E-state index in [1.165, 1.54) is 30.5 Å². The van der Waals surface area contributed by atoms with E-state index in [0.717, 1.165) is 30.6 Å². The molecule has 0 bridgehead atoms. The lowest BCUT2D eigenvalue weighted by atomic mass is 10.0. The first-order chi connectivity index (χ1) is 9.61. The molecule has 0 amide bonds. The second-order valence-corrected chi connectivity index (χ2v) is 6.42. The summed E-state index contributed by atoms with van der Waals surface area (Å²) < 4.78 is 0. The second kappa shape index (κ2) is 7.33. The summed E-state index contributed by atoms with van der Waals surface area (Å²) >= 11 is 6.53. The summed E-state index contributed by atoms with van der Waals surface area (Å²) in [4.78, 5) is 2.45. The largest absolute Gasteiger partial charge is 0.370 e. The molecule has 1 aliphatic rings. The predicted octanol–water partition coefficient (Wildman–Crippen LogP) is 4.64. The molecule has 112 valence electrons. The molecule has 3 heteroatoms. The summed E-state index contributed by atoms with van der Waals surface area (Å²) in [6.45, 7) is 9.90. The van der Waals surface area contributed by atoms with Crippen LogP contribution in [0.25, 0.3) is 0 Å². The molecule has 0 aromatic heterocycles. The van der Waals surface area contributed by atoms with Crippen molar-refractivity contribution in [2.45, 2.75) is 46.1 Å². The number of nitrogens with zero attached hydrogens (tertiary/aromatic N) is 1. The molecule has 2 unspecified atom stereocenters. The molecule has 1 N–H and O–H groups in total. The van der Waals surface area contributed by atoms with Gasteiger partial charge in [-0.25, -0.2) is 0 Å². The number of rotatable bonds is 4. The lowest BCUT2D eigenvalue weighted by Gasteiger charge is -2.25. The molecule has 20 heavy (non-hydrogen) atoms. The average Bonchev–Trinajstić information content (AvgIpc) is 2.64. The summed E-state index contributed by atoms with van der Waals surface area (Å²) in [5, 5.41) is 4.32. The van der Waals surface area contributed by atoms with Crippen molar-refractivity contribution in [3.63, 3.8) is 0 Å². The first kappa shape index (κ1) is 15.7. The highest BCUT2D eigenvalue weighted by molar-refractivity contribution is 6.33. The zero-order valence-corrected chi connectivity index (χ0v) is 13.7. The molecule has 1 fully saturated rings. The molecule has 0 radical (unpaired) electrons. The molecular formula is C17H27ClN2. The molecule has 0 saturated carbocycles. The van der Waals surface area contributed by atoms with Gasteiger partial charge >= 0.3 is 0 Å². The van der Waals surface area contributed by atoms with Crippen molar-refractivity contribution >= 4 is 17.3 Å². The monoisotopic (exact) mass is 294 g/mol. The van der Waals surface area contributed by atoms with Gasteiger partial charge in [0.05, 0.1) is 10.7 Å². The minimum Gasteiger partial charge on any atom is -0.370 e. The summed E-state index contributed by atoms with van der Waals surface area (Å²) in [7, 11) is 0. The van der Waals surface area contributed by atoms with Gasteiger partial charge in [-0.1, -0.05) is 31.5 Å². The Morgan fingerprint density at radius 1 is 1.35 bits per heavy atom. The van der Waals surface area contributed by atoms with Crippen molar-refractivity contribution in [3.8, 4) is 0 Å². The van der Waals surface area contributed by atoms with Crippen LogP contribution in [-0.4, -0.2) is 19.6 Å². The van der Waals surface area contributed by atoms with Crippen molar-refractivity contribution in [2.24, 2.45) is 5.92 Å². The molecule has 1 aromatic carbocycles. The Bertz CT molecular complexity index is 433. The van der Waals surface area contributed by atoms with Crippen LogP contribution < -0.4 is 10.2 Å². The Hall–Kier alpha value is -0.730. The van der Waals surface area contributed by atoms with E-state index in [4.69, 9.17) is 11.6 Å². The standard InChI is InChI=1S/C17H27ClN2/c1-4-19-14(3)15-7-8-17(16(18)12-15)20-10-5-6-13(2)9-11-20/h7-8,12-14,19H,4-6,9-11H2,1-3H3. The molecule has 2 atom stereocenters. The minimum atomic E-state index is 0.357. The van der Waals surface area contributed by atoms with Crippen molar-refractivity contribution in [1.82, 2.24) is 5.32 Å². The van der Waals surface area contributed by atoms with E-state index in [0.29, 0.717) is 6.04 Å². The van der Waals surface area contributed by atoms with E-state index in [1.807, 2.05) is 0 Å². The average molecular weight is 295 g/mol. The summed E-state index contributed by atoms with van der Waals surface area (Å²) in [5.41, 5.74) is 2.47. The van der Waals surface area contributed by atoms with E-state index in [1.54, 1.807) is 0 Å². The van der Waals surface area contributed by atoms with Gasteiger partial charge < -0.3 is 10.2 Å². The van der Waals surface area contributed by atoms with Crippen LogP contribution in [0.3, 0.4) is 0 Å². The SMILES string of the molecule is CCNC(C)c1ccc(N2CCCC(C)CC2)c(Cl)c1. The second-order valence-electron chi connectivity index (χ2n) is 6.01. The zero-order valence-electron chi connectivity index (χ0n) is 13.0. The Balaban J connectivity index is 2.12. The molecule has 1 heterocycles. The van der Waals surface area contributed by atoms with Crippen LogP contribution in [0.15, 0.2) is 18.2 Å². The van der Waals surface area contributed by atoms with Gasteiger partial charge in [-0.05, 0) is 56.3 Å². The Morgan fingerprint density at radius 3 is 2.85 bits per heavy atom. The fraction of sp³-hybridized carbons (Fsp3) is 0.647. The van der Waals surface area contributed by atoms with Gasteiger partial charge in [0, 0.05) is 19.1 Å². The Labute approximate surface area is 128 Å². The highest BCUT2D eigenvalue weighted by Gasteiger charge is 2.17. The lowest BCUT2D eigenvalue weighted by Crippen LogP contribution is -2.24. The third kappa shape index (κ3) is 3.89. The van der Waals surface area contributed by atoms with Crippen molar-refractivity contribution in [1.29, 1.82) is 0 Å². The molecule has 2 nitrogen and oxygen atoms in total. The lowest BCUT2D eigenvalue weighted by molar-refractivity contribution is 0.521. The van der Waals surface area contributed by atoms with E-state index >= 15 is 0 Å². The number of hydrogen-bond acceptors (Lipinski definition) is 2. The molecule has 0 aliphatic carbocycles. The first-order valence-electron chi connectivity index (χ1n) is 7.89. The normalized spacial score (nSPS) is 21.6. The number of hydrogen-bond donors (Lipinski definition) is 1. The third-order valence-corrected chi connectivity index (χ3v) is 4.64. The maximum Gasteiger partial charge on any atom is 0.0642 e. The quantitative estimate of drug-likeness (QED) is 0.870. The number of nitrogens with one attached hydrogen (secondary N) is 1. The number of halogens is 1. The topological polar surface area (TPSA) is 15.3 Å². The summed E-state index contributed by atoms with van der Waals surface area (Å²) in [6.07, 6.45) is 3.88. The minimum absolute atomic E-state index is 0.357. The molecule has 1 saturated heterocycles. The fourth-order valence-electron chi connectivity index (χ4n) is 2.98. The molecule has 1 aromatic rings. The van der Waals surface area contributed by atoms with Crippen LogP contribution in [0, 0.1) is 5.92 Å². The van der Waals surface area contributed by atoms with Gasteiger partial charge in [0.1, 0.15) is 0 Å². The highest BCUT2D eigenvalue weighted by atomic mass is 35.5. The van der Waals surface area contributed by atoms with E-state index in [9.17, 15) is 0 Å². The van der Waals surface area contributed by atoms with Crippen LogP contribution in [0.4, 0.5) is 5.69 Å². The van der Waals surface area contributed by atoms with E-state index in [-0.39, 0.29) is 0 Å². The molecule has 2 rings (SSSR count). The van der Waals surface area contributed by atoms with Crippen LogP contribution in [0.1, 0.15) is 51.6 Å². The summed E-state index contributed by atoms with van der Waals surface area (Å²) in [6, 6.07) is 6.89. The van der Waals surface area contributed by atoms with Crippen LogP contribution in [0.2, 0.25) is 5.02 Å². The summed E-state index contributed by atoms with van der Waals surface area (Å²) in [5.74, 6) is 0.840. The van der Waals surface area contributed by atoms with E-state index in [2.05, 4.69) is 49.2 Å². The van der Waals surface area contributed by atoms with Gasteiger partial charge in [-0.3, -0.25) is 0 Å². The Kier molecular flexibility index (Phi) is 5.74. The van der Waals surface area contributed by atoms with Gasteiger partial charge in [-0.15, -0.1) is 0 Å². The van der Waals surface area contributed by atoms with Crippen molar-refractivity contribution < 1.29 is 0 Å². The van der Waals surface area contributed by atoms with Gasteiger partial charge in [0.25, 0.3) is 0 Å². The molecule has 1 aliphatic heterocycles. The van der Waals surface area contributed by atoms with Crippen molar-refractivity contribution in [2.75, 3.05) is 24.5 Å². The maximum atomic E-state index is 6.53. The smallest absolute Gasteiger partial charge is 0.0642 e. The molecular weight excluding hydrogens is 268 g/mol. The van der Waals surface area contributed by atoms with Crippen molar-refractivity contribution in [3.05, 3.63) is 28.8 Å². The fourth-order valence-corrected chi connectivity index (χ4v) is 3.29. The number of benzene rings is 1. The van der Waals surface area contributed by atoms with Gasteiger partial charge in [0.2, 0.25) is 0 Å². The Morgan fingerprint density at radius 2 is 2.15 bits per heavy atom. The van der Waals surface area contributed by atoms with E-state index < -0.39 is 0 Å². The maximum absolute atomic E-state index is 6.53. The van der Waals surface area contributed by atoms with Gasteiger partial charge in [0.15, 0.2) is 0 Å². The highest BCUT2D eigenvalue weighted by Crippen LogP contribution is 2.31. The van der Waals surface area contributed by atoms with Crippen LogP contribution in [0.5, 0.6) is 0 Å². The van der Waals surface area contributed by atoms with Gasteiger partial charge in [-0.2, -0.15) is 0 Å². The molecule has 0 spiro atoms. The predicted molar refractivity (Wildman–Crippen MR) is 88.8 cm³/mol. The zero-order chi connectivity index (χ0) is 14.5. The van der Waals surface area contributed by atoms with Crippen LogP contribution >= 0.6 is 11.6 Å². The van der Waals surface area contributed by atoms with Crippen LogP contribution in [-0.2, 0) is 0 Å².